The van der Waals surface area contributed by atoms with Gasteiger partial charge in [0.2, 0.25) is 0 Å². The number of thiazole rings is 1. The summed E-state index contributed by atoms with van der Waals surface area (Å²) in [6.45, 7) is 3.06. The van der Waals surface area contributed by atoms with Crippen LogP contribution < -0.4 is 4.90 Å². The van der Waals surface area contributed by atoms with Crippen molar-refractivity contribution in [2.45, 2.75) is 0 Å². The molecule has 0 aromatic carbocycles. The molecule has 0 unspecified atom stereocenters. The van der Waals surface area contributed by atoms with E-state index in [-0.39, 0.29) is 5.91 Å². The minimum absolute atomic E-state index is 0.0788. The summed E-state index contributed by atoms with van der Waals surface area (Å²) in [7, 11) is 0. The largest absolute Gasteiger partial charge is 0.345 e. The maximum absolute atomic E-state index is 12.5. The van der Waals surface area contributed by atoms with Crippen LogP contribution in [0.4, 0.5) is 5.13 Å². The quantitative estimate of drug-likeness (QED) is 0.723. The molecule has 0 radical (unpaired) electrons. The van der Waals surface area contributed by atoms with Crippen molar-refractivity contribution in [1.29, 1.82) is 0 Å². The van der Waals surface area contributed by atoms with Crippen LogP contribution in [0.5, 0.6) is 0 Å². The Hall–Kier alpha value is -2.25. The zero-order chi connectivity index (χ0) is 16.4. The van der Waals surface area contributed by atoms with Crippen molar-refractivity contribution < 1.29 is 4.79 Å². The van der Waals surface area contributed by atoms with Gasteiger partial charge in [-0.2, -0.15) is 11.3 Å². The van der Waals surface area contributed by atoms with Gasteiger partial charge in [-0.05, 0) is 23.6 Å². The summed E-state index contributed by atoms with van der Waals surface area (Å²) in [4.78, 5) is 25.3. The zero-order valence-corrected chi connectivity index (χ0v) is 14.6. The summed E-state index contributed by atoms with van der Waals surface area (Å²) in [5.74, 6) is 0.0788. The Labute approximate surface area is 148 Å². The Bertz CT molecular complexity index is 808. The van der Waals surface area contributed by atoms with E-state index in [2.05, 4.69) is 32.1 Å². The number of piperazine rings is 1. The SMILES string of the molecule is O=C(c1ccncc1)N1CCN(c2nc(-c3ccsc3)cs2)CC1. The molecule has 0 N–H and O–H groups in total. The summed E-state index contributed by atoms with van der Waals surface area (Å²) < 4.78 is 0. The molecule has 1 aliphatic rings. The molecule has 122 valence electrons. The lowest BCUT2D eigenvalue weighted by molar-refractivity contribution is 0.0746. The van der Waals surface area contributed by atoms with Gasteiger partial charge >= 0.3 is 0 Å². The molecule has 3 aromatic rings. The maximum Gasteiger partial charge on any atom is 0.254 e. The highest BCUT2D eigenvalue weighted by atomic mass is 32.1. The van der Waals surface area contributed by atoms with Crippen LogP contribution in [0.25, 0.3) is 11.3 Å². The number of nitrogens with zero attached hydrogens (tertiary/aromatic N) is 4. The van der Waals surface area contributed by atoms with Gasteiger partial charge in [0, 0.05) is 60.5 Å². The van der Waals surface area contributed by atoms with Crippen LogP contribution in [0.15, 0.2) is 46.7 Å². The van der Waals surface area contributed by atoms with Crippen LogP contribution in [0.2, 0.25) is 0 Å². The van der Waals surface area contributed by atoms with Gasteiger partial charge in [0.25, 0.3) is 5.91 Å². The van der Waals surface area contributed by atoms with E-state index in [0.29, 0.717) is 18.7 Å². The fraction of sp³-hybridized carbons (Fsp3) is 0.235. The van der Waals surface area contributed by atoms with Gasteiger partial charge in [-0.25, -0.2) is 4.98 Å². The Morgan fingerprint density at radius 2 is 1.83 bits per heavy atom. The Balaban J connectivity index is 1.40. The summed E-state index contributed by atoms with van der Waals surface area (Å²) in [5.41, 5.74) is 2.91. The highest BCUT2D eigenvalue weighted by Crippen LogP contribution is 2.29. The predicted octanol–water partition coefficient (Wildman–Crippen LogP) is 3.23. The van der Waals surface area contributed by atoms with Gasteiger partial charge in [-0.1, -0.05) is 0 Å². The van der Waals surface area contributed by atoms with Crippen LogP contribution in [-0.4, -0.2) is 47.0 Å². The summed E-state index contributed by atoms with van der Waals surface area (Å²) in [5, 5.41) is 7.32. The molecule has 1 saturated heterocycles. The first-order valence-corrected chi connectivity index (χ1v) is 9.56. The molecule has 0 saturated carbocycles. The average Bonchev–Trinajstić information content (AvgIpc) is 3.33. The van der Waals surface area contributed by atoms with Gasteiger partial charge in [0.1, 0.15) is 0 Å². The predicted molar refractivity (Wildman–Crippen MR) is 97.8 cm³/mol. The monoisotopic (exact) mass is 356 g/mol. The molecule has 0 aliphatic carbocycles. The van der Waals surface area contributed by atoms with E-state index in [4.69, 9.17) is 4.98 Å². The highest BCUT2D eigenvalue weighted by Gasteiger charge is 2.23. The number of hydrogen-bond acceptors (Lipinski definition) is 6. The van der Waals surface area contributed by atoms with Crippen molar-refractivity contribution in [3.05, 3.63) is 52.3 Å². The molecule has 3 aromatic heterocycles. The fourth-order valence-corrected chi connectivity index (χ4v) is 4.27. The number of amides is 1. The number of pyridine rings is 1. The smallest absolute Gasteiger partial charge is 0.254 e. The molecular weight excluding hydrogens is 340 g/mol. The highest BCUT2D eigenvalue weighted by molar-refractivity contribution is 7.14. The number of carbonyl (C=O) groups excluding carboxylic acids is 1. The minimum atomic E-state index is 0.0788. The van der Waals surface area contributed by atoms with Crippen LogP contribution in [0.1, 0.15) is 10.4 Å². The van der Waals surface area contributed by atoms with Crippen LogP contribution in [0.3, 0.4) is 0 Å². The number of carbonyl (C=O) groups is 1. The number of aromatic nitrogens is 2. The van der Waals surface area contributed by atoms with E-state index in [1.807, 2.05) is 4.90 Å². The van der Waals surface area contributed by atoms with Gasteiger partial charge < -0.3 is 9.80 Å². The van der Waals surface area contributed by atoms with Gasteiger partial charge in [-0.15, -0.1) is 11.3 Å². The first kappa shape index (κ1) is 15.3. The Morgan fingerprint density at radius 3 is 2.54 bits per heavy atom. The molecule has 7 heteroatoms. The summed E-state index contributed by atoms with van der Waals surface area (Å²) >= 11 is 3.35. The van der Waals surface area contributed by atoms with E-state index in [0.717, 1.165) is 23.9 Å². The third-order valence-electron chi connectivity index (χ3n) is 4.07. The number of rotatable bonds is 3. The van der Waals surface area contributed by atoms with Crippen molar-refractivity contribution in [1.82, 2.24) is 14.9 Å². The van der Waals surface area contributed by atoms with Crippen LogP contribution >= 0.6 is 22.7 Å². The third-order valence-corrected chi connectivity index (χ3v) is 5.66. The lowest BCUT2D eigenvalue weighted by Crippen LogP contribution is -2.48. The van der Waals surface area contributed by atoms with E-state index in [1.165, 1.54) is 5.56 Å². The molecule has 1 aliphatic heterocycles. The number of anilines is 1. The van der Waals surface area contributed by atoms with Crippen molar-refractivity contribution in [2.24, 2.45) is 0 Å². The molecule has 1 fully saturated rings. The Kier molecular flexibility index (Phi) is 4.27. The van der Waals surface area contributed by atoms with Gasteiger partial charge in [-0.3, -0.25) is 9.78 Å². The second-order valence-electron chi connectivity index (χ2n) is 5.54. The zero-order valence-electron chi connectivity index (χ0n) is 13.0. The molecule has 5 nitrogen and oxygen atoms in total. The standard InChI is InChI=1S/C17H16N4OS2/c22-16(13-1-4-18-5-2-13)20-6-8-21(9-7-20)17-19-15(12-24-17)14-3-10-23-11-14/h1-5,10-12H,6-9H2. The molecule has 24 heavy (non-hydrogen) atoms. The second-order valence-corrected chi connectivity index (χ2v) is 7.16. The summed E-state index contributed by atoms with van der Waals surface area (Å²) in [6.07, 6.45) is 3.32. The van der Waals surface area contributed by atoms with Crippen molar-refractivity contribution in [3.8, 4) is 11.3 Å². The van der Waals surface area contributed by atoms with E-state index in [1.54, 1.807) is 47.2 Å². The van der Waals surface area contributed by atoms with E-state index < -0.39 is 0 Å². The first-order valence-electron chi connectivity index (χ1n) is 7.73. The first-order chi connectivity index (χ1) is 11.8. The number of thiophene rings is 1. The Morgan fingerprint density at radius 1 is 1.04 bits per heavy atom. The van der Waals surface area contributed by atoms with Crippen molar-refractivity contribution in [2.75, 3.05) is 31.1 Å². The van der Waals surface area contributed by atoms with E-state index >= 15 is 0 Å². The van der Waals surface area contributed by atoms with Crippen LogP contribution in [0, 0.1) is 0 Å². The second kappa shape index (κ2) is 6.70. The van der Waals surface area contributed by atoms with Crippen molar-refractivity contribution in [3.63, 3.8) is 0 Å². The maximum atomic E-state index is 12.5. The number of hydrogen-bond donors (Lipinski definition) is 0. The molecule has 0 atom stereocenters. The third kappa shape index (κ3) is 3.05. The molecule has 4 heterocycles. The topological polar surface area (TPSA) is 49.3 Å². The van der Waals surface area contributed by atoms with E-state index in [9.17, 15) is 4.79 Å². The van der Waals surface area contributed by atoms with Gasteiger partial charge in [0.05, 0.1) is 5.69 Å². The molecule has 0 spiro atoms. The van der Waals surface area contributed by atoms with Crippen LogP contribution in [-0.2, 0) is 0 Å². The molecular formula is C17H16N4OS2. The van der Waals surface area contributed by atoms with Gasteiger partial charge in [0.15, 0.2) is 5.13 Å². The lowest BCUT2D eigenvalue weighted by atomic mass is 10.2. The molecule has 4 rings (SSSR count). The fourth-order valence-electron chi connectivity index (χ4n) is 2.73. The molecule has 1 amide bonds. The normalized spacial score (nSPS) is 14.8. The minimum Gasteiger partial charge on any atom is -0.345 e. The van der Waals surface area contributed by atoms with Crippen molar-refractivity contribution >= 4 is 33.7 Å². The molecule has 0 bridgehead atoms. The lowest BCUT2D eigenvalue weighted by Gasteiger charge is -2.34. The summed E-state index contributed by atoms with van der Waals surface area (Å²) in [6, 6.07) is 5.63. The average molecular weight is 356 g/mol.